The van der Waals surface area contributed by atoms with E-state index >= 15 is 0 Å². The molecule has 0 fully saturated rings. The van der Waals surface area contributed by atoms with Crippen molar-refractivity contribution in [2.24, 2.45) is 7.05 Å². The molecule has 0 spiro atoms. The minimum Gasteiger partial charge on any atom is -0.355 e. The maximum absolute atomic E-state index is 12.4. The van der Waals surface area contributed by atoms with Gasteiger partial charge in [0.2, 0.25) is 5.91 Å². The fourth-order valence-corrected chi connectivity index (χ4v) is 3.47. The standard InChI is InChI=1S/C20H21N3O2S/c1-23-18(22-17-10-6-5-9-16(17)20(23)25)11-12-19(24)21-13-14-26-15-7-3-2-4-8-15/h2-10H,11-14H2,1H3,(H,21,24). The number of nitrogens with one attached hydrogen (secondary N) is 1. The Kier molecular flexibility index (Phi) is 6.07. The second kappa shape index (κ2) is 8.67. The van der Waals surface area contributed by atoms with Crippen molar-refractivity contribution in [3.63, 3.8) is 0 Å². The van der Waals surface area contributed by atoms with Crippen molar-refractivity contribution in [3.8, 4) is 0 Å². The van der Waals surface area contributed by atoms with Gasteiger partial charge in [-0.2, -0.15) is 0 Å². The van der Waals surface area contributed by atoms with Crippen molar-refractivity contribution in [1.82, 2.24) is 14.9 Å². The smallest absolute Gasteiger partial charge is 0.261 e. The van der Waals surface area contributed by atoms with Gasteiger partial charge in [0, 0.05) is 37.1 Å². The summed E-state index contributed by atoms with van der Waals surface area (Å²) in [5.74, 6) is 1.42. The molecule has 1 heterocycles. The Hall–Kier alpha value is -2.60. The van der Waals surface area contributed by atoms with Crippen molar-refractivity contribution in [1.29, 1.82) is 0 Å². The Balaban J connectivity index is 1.51. The van der Waals surface area contributed by atoms with E-state index in [-0.39, 0.29) is 11.5 Å². The normalized spacial score (nSPS) is 10.8. The first-order chi connectivity index (χ1) is 12.6. The lowest BCUT2D eigenvalue weighted by molar-refractivity contribution is -0.120. The van der Waals surface area contributed by atoms with Crippen LogP contribution in [0.3, 0.4) is 0 Å². The van der Waals surface area contributed by atoms with E-state index in [1.54, 1.807) is 24.9 Å². The number of fused-ring (bicyclic) bond motifs is 1. The number of aromatic nitrogens is 2. The molecule has 0 bridgehead atoms. The molecule has 3 rings (SSSR count). The van der Waals surface area contributed by atoms with Crippen LogP contribution in [0.25, 0.3) is 10.9 Å². The summed E-state index contributed by atoms with van der Waals surface area (Å²) in [7, 11) is 1.70. The van der Waals surface area contributed by atoms with E-state index in [1.807, 2.05) is 36.4 Å². The number of thioether (sulfide) groups is 1. The molecular weight excluding hydrogens is 346 g/mol. The lowest BCUT2D eigenvalue weighted by atomic mass is 10.2. The largest absolute Gasteiger partial charge is 0.355 e. The molecule has 134 valence electrons. The van der Waals surface area contributed by atoms with Gasteiger partial charge < -0.3 is 5.32 Å². The summed E-state index contributed by atoms with van der Waals surface area (Å²) in [5.41, 5.74) is 0.593. The van der Waals surface area contributed by atoms with Crippen LogP contribution in [0.1, 0.15) is 12.2 Å². The highest BCUT2D eigenvalue weighted by Crippen LogP contribution is 2.15. The molecule has 26 heavy (non-hydrogen) atoms. The van der Waals surface area contributed by atoms with Gasteiger partial charge in [0.1, 0.15) is 5.82 Å². The number of carbonyl (C=O) groups excluding carboxylic acids is 1. The van der Waals surface area contributed by atoms with Gasteiger partial charge in [-0.05, 0) is 24.3 Å². The second-order valence-electron chi connectivity index (χ2n) is 5.92. The minimum atomic E-state index is -0.0785. The number of carbonyl (C=O) groups is 1. The van der Waals surface area contributed by atoms with E-state index < -0.39 is 0 Å². The van der Waals surface area contributed by atoms with E-state index in [0.29, 0.717) is 36.1 Å². The fraction of sp³-hybridized carbons (Fsp3) is 0.250. The van der Waals surface area contributed by atoms with E-state index in [9.17, 15) is 9.59 Å². The van der Waals surface area contributed by atoms with Crippen LogP contribution in [-0.2, 0) is 18.3 Å². The molecule has 5 nitrogen and oxygen atoms in total. The van der Waals surface area contributed by atoms with E-state index in [1.165, 1.54) is 9.46 Å². The first-order valence-corrected chi connectivity index (χ1v) is 9.53. The molecule has 0 atom stereocenters. The Morgan fingerprint density at radius 2 is 1.85 bits per heavy atom. The number of benzene rings is 2. The van der Waals surface area contributed by atoms with Crippen LogP contribution in [0.15, 0.2) is 64.3 Å². The van der Waals surface area contributed by atoms with Crippen LogP contribution >= 0.6 is 11.8 Å². The molecular formula is C20H21N3O2S. The lowest BCUT2D eigenvalue weighted by Crippen LogP contribution is -2.28. The summed E-state index contributed by atoms with van der Waals surface area (Å²) in [6, 6.07) is 17.4. The average Bonchev–Trinajstić information content (AvgIpc) is 2.68. The molecule has 0 unspecified atom stereocenters. The summed E-state index contributed by atoms with van der Waals surface area (Å²) in [6.07, 6.45) is 0.753. The molecule has 0 radical (unpaired) electrons. The highest BCUT2D eigenvalue weighted by molar-refractivity contribution is 7.99. The van der Waals surface area contributed by atoms with E-state index in [2.05, 4.69) is 22.4 Å². The molecule has 2 aromatic carbocycles. The zero-order chi connectivity index (χ0) is 18.4. The Labute approximate surface area is 156 Å². The van der Waals surface area contributed by atoms with Gasteiger partial charge in [0.15, 0.2) is 0 Å². The first kappa shape index (κ1) is 18.2. The number of aryl methyl sites for hydroxylation is 1. The topological polar surface area (TPSA) is 64.0 Å². The van der Waals surface area contributed by atoms with Crippen LogP contribution in [-0.4, -0.2) is 27.8 Å². The predicted octanol–water partition coefficient (Wildman–Crippen LogP) is 2.77. The number of hydrogen-bond donors (Lipinski definition) is 1. The van der Waals surface area contributed by atoms with Gasteiger partial charge in [0.05, 0.1) is 10.9 Å². The molecule has 0 aliphatic carbocycles. The van der Waals surface area contributed by atoms with Crippen LogP contribution in [0.5, 0.6) is 0 Å². The molecule has 0 aliphatic rings. The average molecular weight is 367 g/mol. The van der Waals surface area contributed by atoms with Crippen molar-refractivity contribution < 1.29 is 4.79 Å². The molecule has 1 amide bonds. The van der Waals surface area contributed by atoms with Gasteiger partial charge in [0.25, 0.3) is 5.56 Å². The number of amides is 1. The number of hydrogen-bond acceptors (Lipinski definition) is 4. The summed E-state index contributed by atoms with van der Waals surface area (Å²) in [4.78, 5) is 30.1. The highest BCUT2D eigenvalue weighted by atomic mass is 32.2. The zero-order valence-electron chi connectivity index (χ0n) is 14.6. The Morgan fingerprint density at radius 1 is 1.12 bits per heavy atom. The molecule has 0 saturated heterocycles. The summed E-state index contributed by atoms with van der Waals surface area (Å²) >= 11 is 1.71. The van der Waals surface area contributed by atoms with Crippen LogP contribution < -0.4 is 10.9 Å². The highest BCUT2D eigenvalue weighted by Gasteiger charge is 2.09. The van der Waals surface area contributed by atoms with Gasteiger partial charge in [-0.3, -0.25) is 14.2 Å². The van der Waals surface area contributed by atoms with Crippen molar-refractivity contribution in [2.75, 3.05) is 12.3 Å². The quantitative estimate of drug-likeness (QED) is 0.515. The van der Waals surface area contributed by atoms with E-state index in [4.69, 9.17) is 0 Å². The van der Waals surface area contributed by atoms with Crippen LogP contribution in [0, 0.1) is 0 Å². The van der Waals surface area contributed by atoms with Crippen molar-refractivity contribution >= 4 is 28.6 Å². The second-order valence-corrected chi connectivity index (χ2v) is 7.09. The van der Waals surface area contributed by atoms with Crippen molar-refractivity contribution in [3.05, 3.63) is 70.8 Å². The third-order valence-corrected chi connectivity index (χ3v) is 5.10. The third kappa shape index (κ3) is 4.52. The summed E-state index contributed by atoms with van der Waals surface area (Å²) in [6.45, 7) is 0.614. The predicted molar refractivity (Wildman–Crippen MR) is 105 cm³/mol. The Morgan fingerprint density at radius 3 is 2.65 bits per heavy atom. The molecule has 0 saturated carbocycles. The monoisotopic (exact) mass is 367 g/mol. The first-order valence-electron chi connectivity index (χ1n) is 8.54. The lowest BCUT2D eigenvalue weighted by Gasteiger charge is -2.09. The van der Waals surface area contributed by atoms with Gasteiger partial charge in [-0.15, -0.1) is 11.8 Å². The third-order valence-electron chi connectivity index (χ3n) is 4.09. The van der Waals surface area contributed by atoms with Crippen molar-refractivity contribution in [2.45, 2.75) is 17.7 Å². The number of para-hydroxylation sites is 1. The molecule has 6 heteroatoms. The van der Waals surface area contributed by atoms with Crippen LogP contribution in [0.2, 0.25) is 0 Å². The summed E-state index contributed by atoms with van der Waals surface area (Å²) in [5, 5.41) is 3.52. The number of rotatable bonds is 7. The maximum Gasteiger partial charge on any atom is 0.261 e. The fourth-order valence-electron chi connectivity index (χ4n) is 2.68. The van der Waals surface area contributed by atoms with Gasteiger partial charge in [-0.1, -0.05) is 30.3 Å². The SMILES string of the molecule is Cn1c(CCC(=O)NCCSc2ccccc2)nc2ccccc2c1=O. The number of nitrogens with zero attached hydrogens (tertiary/aromatic N) is 2. The molecule has 1 aromatic heterocycles. The summed E-state index contributed by atoms with van der Waals surface area (Å²) < 4.78 is 1.53. The maximum atomic E-state index is 12.4. The zero-order valence-corrected chi connectivity index (χ0v) is 15.5. The van der Waals surface area contributed by atoms with E-state index in [0.717, 1.165) is 5.75 Å². The minimum absolute atomic E-state index is 0.0268. The molecule has 1 N–H and O–H groups in total. The van der Waals surface area contributed by atoms with Gasteiger partial charge in [-0.25, -0.2) is 4.98 Å². The van der Waals surface area contributed by atoms with Gasteiger partial charge >= 0.3 is 0 Å². The molecule has 0 aliphatic heterocycles. The molecule has 3 aromatic rings. The Bertz CT molecular complexity index is 954. The van der Waals surface area contributed by atoms with Crippen LogP contribution in [0.4, 0.5) is 0 Å².